The Bertz CT molecular complexity index is 1400. The molecule has 6 aliphatic rings. The van der Waals surface area contributed by atoms with Crippen molar-refractivity contribution < 1.29 is 51.9 Å². The highest BCUT2D eigenvalue weighted by Crippen LogP contribution is 2.54. The summed E-state index contributed by atoms with van der Waals surface area (Å²) in [6, 6.07) is 2.72. The van der Waals surface area contributed by atoms with E-state index in [-0.39, 0.29) is 18.4 Å². The van der Waals surface area contributed by atoms with Crippen LogP contribution in [-0.2, 0) is 46.7 Å². The molecule has 6 fully saturated rings. The maximum Gasteiger partial charge on any atom is 0.192 e. The number of rotatable bonds is 17. The molecule has 3 aliphatic heterocycles. The van der Waals surface area contributed by atoms with Gasteiger partial charge in [0.1, 0.15) is 67.8 Å². The van der Waals surface area contributed by atoms with Gasteiger partial charge in [0.05, 0.1) is 6.61 Å². The molecule has 59 heavy (non-hydrogen) atoms. The van der Waals surface area contributed by atoms with Crippen LogP contribution in [0.15, 0.2) is 5.11 Å². The van der Waals surface area contributed by atoms with E-state index in [1.54, 1.807) is 0 Å². The van der Waals surface area contributed by atoms with Crippen LogP contribution in [0.4, 0.5) is 0 Å². The largest absolute Gasteiger partial charge is 0.414 e. The van der Waals surface area contributed by atoms with Gasteiger partial charge in [0, 0.05) is 45.3 Å². The Kier molecular flexibility index (Phi) is 15.7. The Labute approximate surface area is 357 Å². The van der Waals surface area contributed by atoms with Gasteiger partial charge in [0.15, 0.2) is 34.5 Å². The quantitative estimate of drug-likeness (QED) is 0.0370. The Morgan fingerprint density at radius 2 is 1.29 bits per heavy atom. The summed E-state index contributed by atoms with van der Waals surface area (Å²) in [6.45, 7) is 25.2. The molecule has 1 N–H and O–H groups in total. The molecule has 0 radical (unpaired) electrons. The molecular formula is C42H79N3O11Si3. The lowest BCUT2D eigenvalue weighted by Crippen LogP contribution is -2.68. The summed E-state index contributed by atoms with van der Waals surface area (Å²) >= 11 is 0. The van der Waals surface area contributed by atoms with E-state index in [0.717, 1.165) is 88.4 Å². The van der Waals surface area contributed by atoms with Crippen molar-refractivity contribution >= 4 is 24.7 Å². The third kappa shape index (κ3) is 10.7. The lowest BCUT2D eigenvalue weighted by atomic mass is 9.84. The molecule has 14 nitrogen and oxygen atoms in total. The van der Waals surface area contributed by atoms with Gasteiger partial charge in [-0.05, 0) is 73.5 Å². The first-order chi connectivity index (χ1) is 27.8. The summed E-state index contributed by atoms with van der Waals surface area (Å²) in [5, 5.41) is 16.1. The van der Waals surface area contributed by atoms with E-state index >= 15 is 0 Å². The minimum absolute atomic E-state index is 0.0801. The normalized spacial score (nSPS) is 36.0. The van der Waals surface area contributed by atoms with Crippen molar-refractivity contribution in [3.8, 4) is 0 Å². The lowest BCUT2D eigenvalue weighted by Gasteiger charge is -2.50. The fraction of sp³-hybridized carbons (Fsp3) is 1.00. The summed E-state index contributed by atoms with van der Waals surface area (Å²) in [6.07, 6.45) is 1.99. The highest BCUT2D eigenvalue weighted by Gasteiger charge is 2.68. The van der Waals surface area contributed by atoms with Gasteiger partial charge in [-0.3, -0.25) is 0 Å². The molecule has 3 saturated carbocycles. The van der Waals surface area contributed by atoms with Crippen molar-refractivity contribution in [3.05, 3.63) is 10.4 Å². The van der Waals surface area contributed by atoms with E-state index < -0.39 is 104 Å². The van der Waals surface area contributed by atoms with Crippen molar-refractivity contribution in [2.45, 2.75) is 247 Å². The van der Waals surface area contributed by atoms with Crippen molar-refractivity contribution in [3.63, 3.8) is 0 Å². The molecule has 2 spiro atoms. The van der Waals surface area contributed by atoms with E-state index in [2.05, 4.69) is 84.3 Å². The topological polar surface area (TPSA) is 161 Å². The standard InChI is InChI=1S/C42H79N3O11Si3/c1-12-59(13-2,14-3)49-27-29-31(46)32(48-28-47-25-26-57(7,8)9)30(44-45-43)39(50-29)51-33-34-35(53-41(52-34)21-17-15-18-22-41)36-37(38(33)56-58(10,11)40(4,5)6)55-42(54-36)23-19-16-20-24-42/h29-39,46H,12-28H2,1-11H3/t29-,30-,31-,32-,33-,34-,35+,36-,37-,38+,39-/m1/s1. The second kappa shape index (κ2) is 19.3. The summed E-state index contributed by atoms with van der Waals surface area (Å²) in [4.78, 5) is 3.26. The SMILES string of the molecule is CC[Si](CC)(CC)OC[C@H]1O[C@H](O[C@@H]2[C@H]3OC4(CCCCC4)O[C@@H]3[C@H]3OC4(CCCCC4)O[C@H]3[C@H]2O[Si](C)(C)C(C)(C)C)[C@H](N=[N+]=[N-])[C@@H](OCOCC[Si](C)(C)C)[C@@H]1O. The van der Waals surface area contributed by atoms with Crippen LogP contribution in [0.3, 0.4) is 0 Å². The average molecular weight is 886 g/mol. The van der Waals surface area contributed by atoms with Crippen LogP contribution in [0.5, 0.6) is 0 Å². The zero-order valence-corrected chi connectivity index (χ0v) is 41.2. The molecule has 340 valence electrons. The Morgan fingerprint density at radius 1 is 0.763 bits per heavy atom. The molecule has 3 aliphatic carbocycles. The molecule has 0 bridgehead atoms. The Morgan fingerprint density at radius 3 is 1.78 bits per heavy atom. The number of aliphatic hydroxyl groups is 1. The summed E-state index contributed by atoms with van der Waals surface area (Å²) in [5.74, 6) is -1.49. The molecule has 11 atom stereocenters. The predicted molar refractivity (Wildman–Crippen MR) is 233 cm³/mol. The van der Waals surface area contributed by atoms with Gasteiger partial charge in [-0.1, -0.05) is 79.1 Å². The van der Waals surface area contributed by atoms with Crippen LogP contribution in [0.2, 0.25) is 61.9 Å². The molecule has 6 rings (SSSR count). The van der Waals surface area contributed by atoms with Crippen LogP contribution in [0.1, 0.15) is 106 Å². The first kappa shape index (κ1) is 48.0. The molecule has 0 aromatic carbocycles. The van der Waals surface area contributed by atoms with Gasteiger partial charge in [-0.15, -0.1) is 0 Å². The molecule has 0 aromatic rings. The maximum atomic E-state index is 12.0. The summed E-state index contributed by atoms with van der Waals surface area (Å²) in [7, 11) is -5.95. The molecular weight excluding hydrogens is 807 g/mol. The third-order valence-electron chi connectivity index (χ3n) is 14.8. The summed E-state index contributed by atoms with van der Waals surface area (Å²) < 4.78 is 69.1. The fourth-order valence-electron chi connectivity index (χ4n) is 9.73. The highest BCUT2D eigenvalue weighted by molar-refractivity contribution is 6.76. The van der Waals surface area contributed by atoms with E-state index in [1.807, 2.05) is 0 Å². The fourth-order valence-corrected chi connectivity index (χ4v) is 14.4. The van der Waals surface area contributed by atoms with Crippen LogP contribution in [0, 0.1) is 0 Å². The minimum Gasteiger partial charge on any atom is -0.414 e. The monoisotopic (exact) mass is 886 g/mol. The number of nitrogens with zero attached hydrogens (tertiary/aromatic N) is 3. The number of aliphatic hydroxyl groups excluding tert-OH is 1. The third-order valence-corrected chi connectivity index (χ3v) is 25.6. The van der Waals surface area contributed by atoms with Crippen LogP contribution in [0.25, 0.3) is 10.4 Å². The zero-order chi connectivity index (χ0) is 42.9. The lowest BCUT2D eigenvalue weighted by molar-refractivity contribution is -0.313. The number of fused-ring (bicyclic) bond motifs is 3. The van der Waals surface area contributed by atoms with Gasteiger partial charge in [0.25, 0.3) is 0 Å². The van der Waals surface area contributed by atoms with Crippen LogP contribution < -0.4 is 0 Å². The molecule has 0 amide bonds. The molecule has 0 unspecified atom stereocenters. The van der Waals surface area contributed by atoms with Gasteiger partial charge in [-0.25, -0.2) is 0 Å². The van der Waals surface area contributed by atoms with Gasteiger partial charge in [-0.2, -0.15) is 0 Å². The number of ether oxygens (including phenoxy) is 8. The van der Waals surface area contributed by atoms with E-state index in [0.29, 0.717) is 6.61 Å². The average Bonchev–Trinajstić information content (AvgIpc) is 3.73. The first-order valence-corrected chi connectivity index (χ1v) is 32.2. The first-order valence-electron chi connectivity index (χ1n) is 23.1. The highest BCUT2D eigenvalue weighted by atomic mass is 28.4. The zero-order valence-electron chi connectivity index (χ0n) is 38.2. The van der Waals surface area contributed by atoms with Gasteiger partial charge in [0.2, 0.25) is 0 Å². The van der Waals surface area contributed by atoms with E-state index in [1.165, 1.54) is 0 Å². The van der Waals surface area contributed by atoms with Crippen molar-refractivity contribution in [2.24, 2.45) is 5.11 Å². The smallest absolute Gasteiger partial charge is 0.192 e. The van der Waals surface area contributed by atoms with E-state index in [9.17, 15) is 10.6 Å². The Hall–Kier alpha value is -0.479. The van der Waals surface area contributed by atoms with Gasteiger partial charge >= 0.3 is 0 Å². The van der Waals surface area contributed by atoms with Crippen LogP contribution >= 0.6 is 0 Å². The molecule has 3 heterocycles. The van der Waals surface area contributed by atoms with Crippen molar-refractivity contribution in [1.29, 1.82) is 0 Å². The van der Waals surface area contributed by atoms with Crippen LogP contribution in [-0.4, -0.2) is 129 Å². The number of hydrogen-bond donors (Lipinski definition) is 1. The molecule has 0 aromatic heterocycles. The minimum atomic E-state index is -2.50. The molecule has 3 saturated heterocycles. The second-order valence-electron chi connectivity index (χ2n) is 21.0. The number of hydrogen-bond acceptors (Lipinski definition) is 12. The molecule has 17 heteroatoms. The summed E-state index contributed by atoms with van der Waals surface area (Å²) in [5.41, 5.74) is 10.1. The number of azide groups is 1. The maximum absolute atomic E-state index is 12.0. The van der Waals surface area contributed by atoms with E-state index in [4.69, 9.17) is 46.7 Å². The Balaban J connectivity index is 1.38. The van der Waals surface area contributed by atoms with Crippen molar-refractivity contribution in [1.82, 2.24) is 0 Å². The predicted octanol–water partition coefficient (Wildman–Crippen LogP) is 9.15. The second-order valence-corrected chi connectivity index (χ2v) is 36.1. The van der Waals surface area contributed by atoms with Crippen molar-refractivity contribution in [2.75, 3.05) is 20.0 Å². The van der Waals surface area contributed by atoms with Gasteiger partial charge < -0.3 is 51.9 Å².